The Bertz CT molecular complexity index is 965. The van der Waals surface area contributed by atoms with E-state index < -0.39 is 0 Å². The van der Waals surface area contributed by atoms with Crippen LogP contribution in [0.1, 0.15) is 24.2 Å². The SMILES string of the molecule is CN=C(NCc1ccc(-n2ccnc2C)nc1)N1CCC(Oc2ccccc2)CC1.I. The fraction of sp³-hybridized carbons (Fsp3) is 0.348. The molecule has 31 heavy (non-hydrogen) atoms. The molecule has 1 aliphatic rings. The maximum absolute atomic E-state index is 6.09. The molecule has 0 unspecified atom stereocenters. The van der Waals surface area contributed by atoms with Crippen LogP contribution in [0, 0.1) is 6.92 Å². The minimum atomic E-state index is 0. The van der Waals surface area contributed by atoms with Crippen molar-refractivity contribution in [3.8, 4) is 11.6 Å². The van der Waals surface area contributed by atoms with Gasteiger partial charge in [0.1, 0.15) is 23.5 Å². The number of aryl methyl sites for hydroxylation is 1. The Morgan fingerprint density at radius 2 is 1.90 bits per heavy atom. The fourth-order valence-corrected chi connectivity index (χ4v) is 3.67. The van der Waals surface area contributed by atoms with E-state index in [1.165, 1.54) is 0 Å². The topological polar surface area (TPSA) is 67.6 Å². The van der Waals surface area contributed by atoms with Crippen LogP contribution in [0.15, 0.2) is 66.0 Å². The molecule has 1 aromatic carbocycles. The zero-order chi connectivity index (χ0) is 20.8. The molecule has 8 heteroatoms. The summed E-state index contributed by atoms with van der Waals surface area (Å²) in [5.41, 5.74) is 1.11. The van der Waals surface area contributed by atoms with Crippen LogP contribution in [0.2, 0.25) is 0 Å². The molecular weight excluding hydrogens is 503 g/mol. The van der Waals surface area contributed by atoms with E-state index >= 15 is 0 Å². The lowest BCUT2D eigenvalue weighted by atomic mass is 10.1. The molecule has 0 atom stereocenters. The summed E-state index contributed by atoms with van der Waals surface area (Å²) in [6.07, 6.45) is 7.82. The predicted octanol–water partition coefficient (Wildman–Crippen LogP) is 3.81. The van der Waals surface area contributed by atoms with Crippen LogP contribution >= 0.6 is 24.0 Å². The zero-order valence-electron chi connectivity index (χ0n) is 17.9. The molecule has 0 saturated carbocycles. The summed E-state index contributed by atoms with van der Waals surface area (Å²) >= 11 is 0. The number of ether oxygens (including phenoxy) is 1. The number of nitrogens with one attached hydrogen (secondary N) is 1. The average molecular weight is 532 g/mol. The van der Waals surface area contributed by atoms with Crippen LogP contribution < -0.4 is 10.1 Å². The molecule has 0 bridgehead atoms. The molecule has 0 radical (unpaired) electrons. The Morgan fingerprint density at radius 1 is 1.13 bits per heavy atom. The van der Waals surface area contributed by atoms with Gasteiger partial charge in [0.05, 0.1) is 0 Å². The first kappa shape index (κ1) is 23.1. The normalized spacial score (nSPS) is 14.8. The van der Waals surface area contributed by atoms with Crippen molar-refractivity contribution in [3.05, 3.63) is 72.4 Å². The Balaban J connectivity index is 0.00000272. The number of pyridine rings is 1. The molecule has 1 aliphatic heterocycles. The number of para-hydroxylation sites is 1. The molecular formula is C23H29IN6O. The first-order chi connectivity index (χ1) is 14.7. The average Bonchev–Trinajstić information content (AvgIpc) is 3.22. The number of benzene rings is 1. The van der Waals surface area contributed by atoms with Crippen molar-refractivity contribution in [1.82, 2.24) is 24.8 Å². The van der Waals surface area contributed by atoms with Crippen LogP contribution in [0.3, 0.4) is 0 Å². The third-order valence-electron chi connectivity index (χ3n) is 5.33. The second-order valence-electron chi connectivity index (χ2n) is 7.39. The van der Waals surface area contributed by atoms with Gasteiger partial charge in [-0.3, -0.25) is 9.56 Å². The summed E-state index contributed by atoms with van der Waals surface area (Å²) < 4.78 is 8.06. The Labute approximate surface area is 200 Å². The van der Waals surface area contributed by atoms with Gasteiger partial charge < -0.3 is 15.0 Å². The number of halogens is 1. The summed E-state index contributed by atoms with van der Waals surface area (Å²) in [6.45, 7) is 4.50. The van der Waals surface area contributed by atoms with Gasteiger partial charge in [0.2, 0.25) is 0 Å². The van der Waals surface area contributed by atoms with E-state index in [1.807, 2.05) is 67.3 Å². The third kappa shape index (κ3) is 5.96. The number of aromatic nitrogens is 3. The largest absolute Gasteiger partial charge is 0.490 e. The van der Waals surface area contributed by atoms with Crippen molar-refractivity contribution < 1.29 is 4.74 Å². The smallest absolute Gasteiger partial charge is 0.193 e. The van der Waals surface area contributed by atoms with Crippen molar-refractivity contribution in [2.24, 2.45) is 4.99 Å². The number of rotatable bonds is 5. The van der Waals surface area contributed by atoms with Crippen molar-refractivity contribution >= 4 is 29.9 Å². The summed E-state index contributed by atoms with van der Waals surface area (Å²) in [5, 5.41) is 3.46. The van der Waals surface area contributed by atoms with Gasteiger partial charge in [-0.25, -0.2) is 9.97 Å². The van der Waals surface area contributed by atoms with Gasteiger partial charge in [0.25, 0.3) is 0 Å². The molecule has 7 nitrogen and oxygen atoms in total. The number of guanidine groups is 1. The number of likely N-dealkylation sites (tertiary alicyclic amines) is 1. The number of piperidine rings is 1. The van der Waals surface area contributed by atoms with Crippen LogP contribution in [0.25, 0.3) is 5.82 Å². The number of nitrogens with zero attached hydrogens (tertiary/aromatic N) is 5. The fourth-order valence-electron chi connectivity index (χ4n) is 3.67. The molecule has 0 spiro atoms. The predicted molar refractivity (Wildman–Crippen MR) is 133 cm³/mol. The van der Waals surface area contributed by atoms with Gasteiger partial charge in [-0.2, -0.15) is 0 Å². The van der Waals surface area contributed by atoms with Crippen LogP contribution in [-0.2, 0) is 6.54 Å². The van der Waals surface area contributed by atoms with Gasteiger partial charge in [-0.1, -0.05) is 24.3 Å². The van der Waals surface area contributed by atoms with Crippen molar-refractivity contribution in [3.63, 3.8) is 0 Å². The second kappa shape index (κ2) is 11.1. The minimum Gasteiger partial charge on any atom is -0.490 e. The summed E-state index contributed by atoms with van der Waals surface area (Å²) in [4.78, 5) is 15.6. The second-order valence-corrected chi connectivity index (χ2v) is 7.39. The number of hydrogen-bond acceptors (Lipinski definition) is 4. The quantitative estimate of drug-likeness (QED) is 0.308. The van der Waals surface area contributed by atoms with E-state index in [4.69, 9.17) is 4.74 Å². The zero-order valence-corrected chi connectivity index (χ0v) is 20.3. The lowest BCUT2D eigenvalue weighted by Crippen LogP contribution is -2.47. The number of imidazole rings is 1. The summed E-state index contributed by atoms with van der Waals surface area (Å²) in [5.74, 6) is 3.66. The molecule has 1 saturated heterocycles. The Kier molecular flexibility index (Phi) is 8.27. The highest BCUT2D eigenvalue weighted by Crippen LogP contribution is 2.18. The van der Waals surface area contributed by atoms with E-state index in [9.17, 15) is 0 Å². The van der Waals surface area contributed by atoms with E-state index in [2.05, 4.69) is 31.2 Å². The molecule has 2 aromatic heterocycles. The maximum atomic E-state index is 6.09. The summed E-state index contributed by atoms with van der Waals surface area (Å²) in [6, 6.07) is 14.2. The van der Waals surface area contributed by atoms with Crippen molar-refractivity contribution in [2.45, 2.75) is 32.4 Å². The highest BCUT2D eigenvalue weighted by Gasteiger charge is 2.22. The molecule has 3 heterocycles. The lowest BCUT2D eigenvalue weighted by Gasteiger charge is -2.34. The Morgan fingerprint density at radius 3 is 2.52 bits per heavy atom. The summed E-state index contributed by atoms with van der Waals surface area (Å²) in [7, 11) is 1.83. The maximum Gasteiger partial charge on any atom is 0.193 e. The highest BCUT2D eigenvalue weighted by molar-refractivity contribution is 14.0. The molecule has 4 rings (SSSR count). The van der Waals surface area contributed by atoms with E-state index in [0.29, 0.717) is 6.54 Å². The standard InChI is InChI=1S/C23H28N6O.HI/c1-18-25-12-15-29(18)22-9-8-19(16-26-22)17-27-23(24-2)28-13-10-21(11-14-28)30-20-6-4-3-5-7-20;/h3-9,12,15-16,21H,10-11,13-14,17H2,1-2H3,(H,24,27);1H. The monoisotopic (exact) mass is 532 g/mol. The molecule has 1 N–H and O–H groups in total. The molecule has 0 aliphatic carbocycles. The van der Waals surface area contributed by atoms with Crippen LogP contribution in [-0.4, -0.2) is 51.6 Å². The van der Waals surface area contributed by atoms with Crippen molar-refractivity contribution in [2.75, 3.05) is 20.1 Å². The van der Waals surface area contributed by atoms with E-state index in [1.54, 1.807) is 6.20 Å². The van der Waals surface area contributed by atoms with E-state index in [-0.39, 0.29) is 30.1 Å². The van der Waals surface area contributed by atoms with Crippen LogP contribution in [0.5, 0.6) is 5.75 Å². The third-order valence-corrected chi connectivity index (χ3v) is 5.33. The van der Waals surface area contributed by atoms with Crippen LogP contribution in [0.4, 0.5) is 0 Å². The molecule has 3 aromatic rings. The van der Waals surface area contributed by atoms with Crippen molar-refractivity contribution in [1.29, 1.82) is 0 Å². The molecule has 1 fully saturated rings. The Hall–Kier alpha value is -2.62. The number of aliphatic imine (C=N–C) groups is 1. The van der Waals surface area contributed by atoms with Gasteiger partial charge in [0.15, 0.2) is 5.96 Å². The lowest BCUT2D eigenvalue weighted by molar-refractivity contribution is 0.129. The molecule has 0 amide bonds. The van der Waals surface area contributed by atoms with Gasteiger partial charge in [-0.15, -0.1) is 24.0 Å². The van der Waals surface area contributed by atoms with Gasteiger partial charge >= 0.3 is 0 Å². The van der Waals surface area contributed by atoms with Gasteiger partial charge in [-0.05, 0) is 30.7 Å². The minimum absolute atomic E-state index is 0. The highest BCUT2D eigenvalue weighted by atomic mass is 127. The molecule has 164 valence electrons. The number of hydrogen-bond donors (Lipinski definition) is 1. The first-order valence-electron chi connectivity index (χ1n) is 10.4. The van der Waals surface area contributed by atoms with Gasteiger partial charge in [0, 0.05) is 58.1 Å². The van der Waals surface area contributed by atoms with E-state index in [0.717, 1.165) is 54.8 Å². The first-order valence-corrected chi connectivity index (χ1v) is 10.4.